The van der Waals surface area contributed by atoms with Crippen LogP contribution in [0.3, 0.4) is 0 Å². The van der Waals surface area contributed by atoms with Gasteiger partial charge in [0.2, 0.25) is 5.91 Å². The van der Waals surface area contributed by atoms with Crippen LogP contribution in [0.15, 0.2) is 0 Å². The number of nitrogens with two attached hydrogens (primary N) is 1. The van der Waals surface area contributed by atoms with Crippen LogP contribution in [0.4, 0.5) is 0 Å². The lowest BCUT2D eigenvalue weighted by atomic mass is 9.63. The Morgan fingerprint density at radius 2 is 2.29 bits per heavy atom. The lowest BCUT2D eigenvalue weighted by Gasteiger charge is -2.42. The predicted molar refractivity (Wildman–Crippen MR) is 52.5 cm³/mol. The number of rotatable bonds is 2. The molecule has 14 heavy (non-hydrogen) atoms. The van der Waals surface area contributed by atoms with Gasteiger partial charge in [0, 0.05) is 25.6 Å². The molecular weight excluding hydrogens is 180 g/mol. The summed E-state index contributed by atoms with van der Waals surface area (Å²) < 4.78 is 0. The van der Waals surface area contributed by atoms with E-state index < -0.39 is 0 Å². The molecular formula is C10H18N2O2. The number of hydrogen-bond donors (Lipinski definition) is 2. The summed E-state index contributed by atoms with van der Waals surface area (Å²) in [5.41, 5.74) is 5.57. The number of aliphatic hydroxyl groups is 1. The Hall–Kier alpha value is -0.610. The second-order valence-electron chi connectivity index (χ2n) is 4.57. The van der Waals surface area contributed by atoms with Crippen LogP contribution in [0.25, 0.3) is 0 Å². The Morgan fingerprint density at radius 1 is 1.57 bits per heavy atom. The smallest absolute Gasteiger partial charge is 0.236 e. The van der Waals surface area contributed by atoms with Crippen LogP contribution in [0, 0.1) is 11.3 Å². The van der Waals surface area contributed by atoms with Gasteiger partial charge in [-0.05, 0) is 18.3 Å². The molecule has 0 unspecified atom stereocenters. The van der Waals surface area contributed by atoms with Gasteiger partial charge in [-0.2, -0.15) is 0 Å². The summed E-state index contributed by atoms with van der Waals surface area (Å²) in [6.07, 6.45) is 3.56. The highest BCUT2D eigenvalue weighted by molar-refractivity contribution is 5.78. The predicted octanol–water partition coefficient (Wildman–Crippen LogP) is -0.434. The van der Waals surface area contributed by atoms with E-state index in [0.29, 0.717) is 6.54 Å². The summed E-state index contributed by atoms with van der Waals surface area (Å²) in [5, 5.41) is 9.27. The summed E-state index contributed by atoms with van der Waals surface area (Å²) in [6, 6.07) is 0. The van der Waals surface area contributed by atoms with Crippen molar-refractivity contribution in [3.05, 3.63) is 0 Å². The Balaban J connectivity index is 2.04. The first-order chi connectivity index (χ1) is 6.72. The van der Waals surface area contributed by atoms with Crippen molar-refractivity contribution in [2.45, 2.75) is 19.3 Å². The van der Waals surface area contributed by atoms with E-state index in [1.54, 1.807) is 0 Å². The molecule has 1 aliphatic carbocycles. The number of likely N-dealkylation sites (tertiary alicyclic amines) is 1. The molecule has 1 spiro atoms. The number of amides is 1. The van der Waals surface area contributed by atoms with Crippen molar-refractivity contribution < 1.29 is 9.90 Å². The fourth-order valence-corrected chi connectivity index (χ4v) is 2.80. The van der Waals surface area contributed by atoms with E-state index in [1.807, 2.05) is 4.90 Å². The molecule has 0 aromatic rings. The topological polar surface area (TPSA) is 66.6 Å². The van der Waals surface area contributed by atoms with Crippen LogP contribution in [0.1, 0.15) is 19.3 Å². The summed E-state index contributed by atoms with van der Waals surface area (Å²) in [6.45, 7) is 1.81. The molecule has 0 radical (unpaired) electrons. The van der Waals surface area contributed by atoms with Gasteiger partial charge < -0.3 is 15.7 Å². The van der Waals surface area contributed by atoms with Gasteiger partial charge in [-0.25, -0.2) is 0 Å². The molecule has 0 aromatic heterocycles. The van der Waals surface area contributed by atoms with E-state index >= 15 is 0 Å². The van der Waals surface area contributed by atoms with Crippen LogP contribution in [0.2, 0.25) is 0 Å². The average molecular weight is 198 g/mol. The minimum Gasteiger partial charge on any atom is -0.396 e. The maximum absolute atomic E-state index is 11.4. The van der Waals surface area contributed by atoms with Crippen molar-refractivity contribution in [3.63, 3.8) is 0 Å². The second kappa shape index (κ2) is 3.51. The minimum atomic E-state index is 0.0206. The van der Waals surface area contributed by atoms with Crippen LogP contribution in [-0.2, 0) is 4.79 Å². The maximum atomic E-state index is 11.4. The van der Waals surface area contributed by atoms with Crippen molar-refractivity contribution in [3.8, 4) is 0 Å². The largest absolute Gasteiger partial charge is 0.396 e. The lowest BCUT2D eigenvalue weighted by molar-refractivity contribution is -0.129. The van der Waals surface area contributed by atoms with Gasteiger partial charge in [0.15, 0.2) is 0 Å². The Morgan fingerprint density at radius 3 is 2.64 bits per heavy atom. The molecule has 0 aromatic carbocycles. The number of carbonyl (C=O) groups excluding carboxylic acids is 1. The first-order valence-corrected chi connectivity index (χ1v) is 5.30. The van der Waals surface area contributed by atoms with Crippen molar-refractivity contribution >= 4 is 5.91 Å². The molecule has 3 N–H and O–H groups in total. The van der Waals surface area contributed by atoms with Gasteiger partial charge >= 0.3 is 0 Å². The normalized spacial score (nSPS) is 29.3. The van der Waals surface area contributed by atoms with Crippen molar-refractivity contribution in [1.82, 2.24) is 4.90 Å². The number of hydrogen-bond acceptors (Lipinski definition) is 3. The van der Waals surface area contributed by atoms with E-state index in [9.17, 15) is 9.90 Å². The number of carbonyl (C=O) groups is 1. The first-order valence-electron chi connectivity index (χ1n) is 5.30. The molecule has 2 rings (SSSR count). The molecule has 1 saturated heterocycles. The van der Waals surface area contributed by atoms with Crippen LogP contribution in [-0.4, -0.2) is 42.2 Å². The third-order valence-corrected chi connectivity index (χ3v) is 3.91. The molecule has 80 valence electrons. The SMILES string of the molecule is NCC(=O)N1C[C@H](CO)C2(CCC2)C1. The number of aliphatic hydroxyl groups excluding tert-OH is 1. The van der Waals surface area contributed by atoms with Gasteiger partial charge in [-0.15, -0.1) is 0 Å². The fraction of sp³-hybridized carbons (Fsp3) is 0.900. The van der Waals surface area contributed by atoms with Gasteiger partial charge in [0.05, 0.1) is 6.54 Å². The molecule has 1 heterocycles. The van der Waals surface area contributed by atoms with Gasteiger partial charge in [0.1, 0.15) is 0 Å². The molecule has 4 heteroatoms. The third-order valence-electron chi connectivity index (χ3n) is 3.91. The van der Waals surface area contributed by atoms with E-state index in [2.05, 4.69) is 0 Å². The zero-order valence-corrected chi connectivity index (χ0v) is 8.41. The molecule has 1 aliphatic heterocycles. The Kier molecular flexibility index (Phi) is 2.49. The molecule has 2 aliphatic rings. The molecule has 1 amide bonds. The summed E-state index contributed by atoms with van der Waals surface area (Å²) in [7, 11) is 0. The standard InChI is InChI=1S/C10H18N2O2/c11-4-9(14)12-5-8(6-13)10(7-12)2-1-3-10/h8,13H,1-7,11H2/t8-/m1/s1. The zero-order chi connectivity index (χ0) is 10.2. The highest BCUT2D eigenvalue weighted by Gasteiger charge is 2.50. The minimum absolute atomic E-state index is 0.0206. The third kappa shape index (κ3) is 1.33. The average Bonchev–Trinajstić information content (AvgIpc) is 2.55. The summed E-state index contributed by atoms with van der Waals surface area (Å²) >= 11 is 0. The zero-order valence-electron chi connectivity index (χ0n) is 8.41. The van der Waals surface area contributed by atoms with Crippen molar-refractivity contribution in [1.29, 1.82) is 0 Å². The number of nitrogens with zero attached hydrogens (tertiary/aromatic N) is 1. The molecule has 1 saturated carbocycles. The van der Waals surface area contributed by atoms with E-state index in [0.717, 1.165) is 19.4 Å². The van der Waals surface area contributed by atoms with Gasteiger partial charge in [-0.3, -0.25) is 4.79 Å². The van der Waals surface area contributed by atoms with Crippen LogP contribution in [0.5, 0.6) is 0 Å². The highest BCUT2D eigenvalue weighted by Crippen LogP contribution is 2.51. The van der Waals surface area contributed by atoms with Gasteiger partial charge in [0.25, 0.3) is 0 Å². The second-order valence-corrected chi connectivity index (χ2v) is 4.57. The molecule has 4 nitrogen and oxygen atoms in total. The monoisotopic (exact) mass is 198 g/mol. The Bertz CT molecular complexity index is 238. The van der Waals surface area contributed by atoms with E-state index in [-0.39, 0.29) is 30.4 Å². The van der Waals surface area contributed by atoms with Crippen molar-refractivity contribution in [2.75, 3.05) is 26.2 Å². The molecule has 0 bridgehead atoms. The Labute approximate surface area is 84.1 Å². The van der Waals surface area contributed by atoms with E-state index in [1.165, 1.54) is 6.42 Å². The molecule has 2 fully saturated rings. The maximum Gasteiger partial charge on any atom is 0.236 e. The van der Waals surface area contributed by atoms with Crippen LogP contribution < -0.4 is 5.73 Å². The molecule has 1 atom stereocenters. The quantitative estimate of drug-likeness (QED) is 0.632. The van der Waals surface area contributed by atoms with Crippen molar-refractivity contribution in [2.24, 2.45) is 17.1 Å². The summed E-state index contributed by atoms with van der Waals surface area (Å²) in [4.78, 5) is 13.2. The lowest BCUT2D eigenvalue weighted by Crippen LogP contribution is -2.40. The van der Waals surface area contributed by atoms with E-state index in [4.69, 9.17) is 5.73 Å². The van der Waals surface area contributed by atoms with Crippen LogP contribution >= 0.6 is 0 Å². The highest BCUT2D eigenvalue weighted by atomic mass is 16.3. The van der Waals surface area contributed by atoms with Gasteiger partial charge in [-0.1, -0.05) is 6.42 Å². The summed E-state index contributed by atoms with van der Waals surface area (Å²) in [5.74, 6) is 0.305. The first kappa shape index (κ1) is 9.93. The fourth-order valence-electron chi connectivity index (χ4n) is 2.80.